The van der Waals surface area contributed by atoms with Crippen LogP contribution < -0.4 is 0 Å². The van der Waals surface area contributed by atoms with Gasteiger partial charge in [0.2, 0.25) is 0 Å². The zero-order chi connectivity index (χ0) is 13.0. The molecule has 0 fully saturated rings. The van der Waals surface area contributed by atoms with Gasteiger partial charge in [-0.15, -0.1) is 11.6 Å². The Morgan fingerprint density at radius 1 is 1.35 bits per heavy atom. The monoisotopic (exact) mass is 366 g/mol. The first kappa shape index (κ1) is 14.4. The third kappa shape index (κ3) is 3.96. The number of Topliss-reactive ketones (excluding diaryl/α,β-unsaturated/α-hetero) is 1. The minimum absolute atomic E-state index is 0.198. The van der Waals surface area contributed by atoms with Crippen LogP contribution in [0.2, 0.25) is 0 Å². The molecule has 0 amide bonds. The van der Waals surface area contributed by atoms with Crippen molar-refractivity contribution in [1.82, 2.24) is 0 Å². The quantitative estimate of drug-likeness (QED) is 0.355. The van der Waals surface area contributed by atoms with E-state index >= 15 is 0 Å². The fraction of sp³-hybridized carbons (Fsp3) is 0.333. The van der Waals surface area contributed by atoms with Crippen molar-refractivity contribution in [3.05, 3.63) is 32.9 Å². The van der Waals surface area contributed by atoms with E-state index in [9.17, 15) is 9.59 Å². The SMILES string of the molecule is CCOC(=O)c1cc(I)cc(C(=O)C(C)Cl)c1. The molecule has 0 aliphatic rings. The Hall–Kier alpha value is -0.620. The predicted molar refractivity (Wildman–Crippen MR) is 74.8 cm³/mol. The number of hydrogen-bond donors (Lipinski definition) is 0. The van der Waals surface area contributed by atoms with Crippen LogP contribution >= 0.6 is 34.2 Å². The van der Waals surface area contributed by atoms with Gasteiger partial charge in [0, 0.05) is 9.13 Å². The highest BCUT2D eigenvalue weighted by Gasteiger charge is 2.16. The van der Waals surface area contributed by atoms with Crippen molar-refractivity contribution < 1.29 is 14.3 Å². The number of carbonyl (C=O) groups is 2. The molecule has 0 spiro atoms. The molecule has 0 heterocycles. The fourth-order valence-electron chi connectivity index (χ4n) is 1.29. The summed E-state index contributed by atoms with van der Waals surface area (Å²) < 4.78 is 5.69. The molecule has 0 saturated heterocycles. The van der Waals surface area contributed by atoms with Crippen molar-refractivity contribution in [3.8, 4) is 0 Å². The topological polar surface area (TPSA) is 43.4 Å². The number of alkyl halides is 1. The summed E-state index contributed by atoms with van der Waals surface area (Å²) in [6, 6.07) is 4.89. The number of ether oxygens (including phenoxy) is 1. The van der Waals surface area contributed by atoms with Crippen LogP contribution in [0.25, 0.3) is 0 Å². The number of carbonyl (C=O) groups excluding carboxylic acids is 2. The molecule has 17 heavy (non-hydrogen) atoms. The van der Waals surface area contributed by atoms with Crippen LogP contribution in [0.15, 0.2) is 18.2 Å². The lowest BCUT2D eigenvalue weighted by atomic mass is 10.1. The lowest BCUT2D eigenvalue weighted by molar-refractivity contribution is 0.0526. The zero-order valence-corrected chi connectivity index (χ0v) is 12.4. The van der Waals surface area contributed by atoms with Crippen molar-refractivity contribution >= 4 is 45.9 Å². The largest absolute Gasteiger partial charge is 0.462 e. The maximum atomic E-state index is 11.7. The summed E-state index contributed by atoms with van der Waals surface area (Å²) in [7, 11) is 0. The average molecular weight is 367 g/mol. The zero-order valence-electron chi connectivity index (χ0n) is 9.50. The van der Waals surface area contributed by atoms with Crippen molar-refractivity contribution in [3.63, 3.8) is 0 Å². The van der Waals surface area contributed by atoms with Crippen LogP contribution in [-0.4, -0.2) is 23.7 Å². The molecule has 0 radical (unpaired) electrons. The summed E-state index contributed by atoms with van der Waals surface area (Å²) in [4.78, 5) is 23.3. The molecular formula is C12H12ClIO3. The lowest BCUT2D eigenvalue weighted by Gasteiger charge is -2.07. The van der Waals surface area contributed by atoms with E-state index in [1.54, 1.807) is 26.0 Å². The molecule has 1 unspecified atom stereocenters. The van der Waals surface area contributed by atoms with Gasteiger partial charge in [0.25, 0.3) is 0 Å². The second-order valence-corrected chi connectivity index (χ2v) is 5.33. The van der Waals surface area contributed by atoms with Crippen LogP contribution in [0.3, 0.4) is 0 Å². The Morgan fingerprint density at radius 3 is 2.47 bits per heavy atom. The number of rotatable bonds is 4. The van der Waals surface area contributed by atoms with Gasteiger partial charge in [0.05, 0.1) is 17.5 Å². The molecule has 0 aliphatic carbocycles. The smallest absolute Gasteiger partial charge is 0.338 e. The molecule has 1 atom stereocenters. The molecule has 92 valence electrons. The van der Waals surface area contributed by atoms with Gasteiger partial charge < -0.3 is 4.74 Å². The van der Waals surface area contributed by atoms with E-state index in [0.717, 1.165) is 3.57 Å². The molecule has 0 bridgehead atoms. The van der Waals surface area contributed by atoms with Gasteiger partial charge in [-0.1, -0.05) is 0 Å². The van der Waals surface area contributed by atoms with Crippen molar-refractivity contribution in [2.24, 2.45) is 0 Å². The highest BCUT2D eigenvalue weighted by atomic mass is 127. The summed E-state index contributed by atoms with van der Waals surface area (Å²) in [5.41, 5.74) is 0.807. The first-order valence-corrected chi connectivity index (χ1v) is 6.63. The fourth-order valence-corrected chi connectivity index (χ4v) is 2.09. The molecule has 1 aromatic carbocycles. The number of halogens is 2. The molecule has 0 aromatic heterocycles. The molecule has 5 heteroatoms. The van der Waals surface area contributed by atoms with Crippen molar-refractivity contribution in [2.45, 2.75) is 19.2 Å². The molecule has 0 saturated carbocycles. The van der Waals surface area contributed by atoms with E-state index in [2.05, 4.69) is 0 Å². The normalized spacial score (nSPS) is 12.0. The highest BCUT2D eigenvalue weighted by molar-refractivity contribution is 14.1. The van der Waals surface area contributed by atoms with E-state index in [4.69, 9.17) is 16.3 Å². The van der Waals surface area contributed by atoms with Gasteiger partial charge in [-0.05, 0) is 54.6 Å². The van der Waals surface area contributed by atoms with E-state index in [1.165, 1.54) is 6.07 Å². The Morgan fingerprint density at radius 2 is 1.94 bits per heavy atom. The third-order valence-electron chi connectivity index (χ3n) is 2.05. The summed E-state index contributed by atoms with van der Waals surface area (Å²) in [5.74, 6) is -0.627. The van der Waals surface area contributed by atoms with Gasteiger partial charge in [-0.3, -0.25) is 4.79 Å². The maximum Gasteiger partial charge on any atom is 0.338 e. The summed E-state index contributed by atoms with van der Waals surface area (Å²) in [6.45, 7) is 3.64. The van der Waals surface area contributed by atoms with Gasteiger partial charge in [-0.2, -0.15) is 0 Å². The first-order chi connectivity index (χ1) is 7.95. The van der Waals surface area contributed by atoms with Crippen molar-refractivity contribution in [2.75, 3.05) is 6.61 Å². The predicted octanol–water partition coefficient (Wildman–Crippen LogP) is 3.28. The minimum atomic E-state index is -0.608. The molecule has 3 nitrogen and oxygen atoms in total. The molecule has 0 N–H and O–H groups in total. The number of benzene rings is 1. The summed E-state index contributed by atoms with van der Waals surface area (Å²) in [6.07, 6.45) is 0. The van der Waals surface area contributed by atoms with Crippen LogP contribution in [-0.2, 0) is 4.74 Å². The molecule has 0 aliphatic heterocycles. The first-order valence-electron chi connectivity index (χ1n) is 5.11. The molecule has 1 rings (SSSR count). The highest BCUT2D eigenvalue weighted by Crippen LogP contribution is 2.16. The second kappa shape index (κ2) is 6.35. The minimum Gasteiger partial charge on any atom is -0.462 e. The van der Waals surface area contributed by atoms with Crippen molar-refractivity contribution in [1.29, 1.82) is 0 Å². The number of esters is 1. The van der Waals surface area contributed by atoms with E-state index in [0.29, 0.717) is 17.7 Å². The maximum absolute atomic E-state index is 11.7. The van der Waals surface area contributed by atoms with Gasteiger partial charge >= 0.3 is 5.97 Å². The molecule has 1 aromatic rings. The Labute approximate surface area is 119 Å². The Bertz CT molecular complexity index is 443. The van der Waals surface area contributed by atoms with Crippen LogP contribution in [0, 0.1) is 3.57 Å². The van der Waals surface area contributed by atoms with Gasteiger partial charge in [-0.25, -0.2) is 4.79 Å². The second-order valence-electron chi connectivity index (χ2n) is 3.43. The third-order valence-corrected chi connectivity index (χ3v) is 2.88. The standard InChI is InChI=1S/C12H12ClIO3/c1-3-17-12(16)9-4-8(5-10(14)6-9)11(15)7(2)13/h4-7H,3H2,1-2H3. The van der Waals surface area contributed by atoms with Gasteiger partial charge in [0.15, 0.2) is 5.78 Å². The van der Waals surface area contributed by atoms with Crippen LogP contribution in [0.4, 0.5) is 0 Å². The van der Waals surface area contributed by atoms with E-state index < -0.39 is 11.3 Å². The summed E-state index contributed by atoms with van der Waals surface area (Å²) in [5, 5.41) is -0.608. The molecular weight excluding hydrogens is 354 g/mol. The Kier molecular flexibility index (Phi) is 5.39. The summed E-state index contributed by atoms with van der Waals surface area (Å²) >= 11 is 7.79. The van der Waals surface area contributed by atoms with Gasteiger partial charge in [0.1, 0.15) is 0 Å². The van der Waals surface area contributed by atoms with E-state index in [-0.39, 0.29) is 5.78 Å². The van der Waals surface area contributed by atoms with Crippen LogP contribution in [0.1, 0.15) is 34.6 Å². The Balaban J connectivity index is 3.10. The van der Waals surface area contributed by atoms with E-state index in [1.807, 2.05) is 22.6 Å². The average Bonchev–Trinajstić information content (AvgIpc) is 2.27. The van der Waals surface area contributed by atoms with Crippen LogP contribution in [0.5, 0.6) is 0 Å². The number of ketones is 1. The lowest BCUT2D eigenvalue weighted by Crippen LogP contribution is -2.13. The number of hydrogen-bond acceptors (Lipinski definition) is 3.